The van der Waals surface area contributed by atoms with E-state index in [0.29, 0.717) is 43.4 Å². The molecule has 1 saturated carbocycles. The third-order valence-electron chi connectivity index (χ3n) is 8.40. The largest absolute Gasteiger partial charge is 0.416 e. The molecule has 0 aromatic heterocycles. The van der Waals surface area contributed by atoms with E-state index in [1.165, 1.54) is 14.0 Å². The summed E-state index contributed by atoms with van der Waals surface area (Å²) in [7, 11) is 1.33. The molecule has 14 heteroatoms. The number of carbonyl (C=O) groups excluding carboxylic acids is 3. The van der Waals surface area contributed by atoms with E-state index < -0.39 is 46.9 Å². The van der Waals surface area contributed by atoms with Crippen LogP contribution < -0.4 is 5.32 Å². The lowest BCUT2D eigenvalue weighted by Crippen LogP contribution is -2.53. The maximum Gasteiger partial charge on any atom is 0.416 e. The highest BCUT2D eigenvalue weighted by molar-refractivity contribution is 6.42. The maximum absolute atomic E-state index is 13.6. The summed E-state index contributed by atoms with van der Waals surface area (Å²) in [6.45, 7) is 1.80. The van der Waals surface area contributed by atoms with Crippen LogP contribution >= 0.6 is 23.2 Å². The van der Waals surface area contributed by atoms with Crippen molar-refractivity contribution in [1.82, 2.24) is 15.1 Å². The molecule has 6 nitrogen and oxygen atoms in total. The van der Waals surface area contributed by atoms with Crippen molar-refractivity contribution in [3.05, 3.63) is 68.7 Å². The number of piperidine rings is 1. The van der Waals surface area contributed by atoms with Crippen molar-refractivity contribution in [1.29, 1.82) is 0 Å². The van der Waals surface area contributed by atoms with E-state index in [9.17, 15) is 40.7 Å². The summed E-state index contributed by atoms with van der Waals surface area (Å²) in [5.41, 5.74) is -3.31. The molecule has 1 saturated heterocycles. The Bertz CT molecular complexity index is 1380. The topological polar surface area (TPSA) is 69.7 Å². The number of amides is 3. The minimum atomic E-state index is -5.11. The highest BCUT2D eigenvalue weighted by atomic mass is 35.5. The van der Waals surface area contributed by atoms with Gasteiger partial charge in [0, 0.05) is 56.5 Å². The molecule has 2 aromatic rings. The lowest BCUT2D eigenvalue weighted by atomic mass is 9.82. The Hall–Kier alpha value is -2.99. The second-order valence-electron chi connectivity index (χ2n) is 11.4. The molecule has 1 aliphatic carbocycles. The molecule has 0 bridgehead atoms. The zero-order valence-corrected chi connectivity index (χ0v) is 25.4. The first-order chi connectivity index (χ1) is 20.5. The van der Waals surface area contributed by atoms with E-state index in [1.54, 1.807) is 23.1 Å². The van der Waals surface area contributed by atoms with Crippen molar-refractivity contribution in [3.63, 3.8) is 0 Å². The van der Waals surface area contributed by atoms with Crippen molar-refractivity contribution < 1.29 is 40.7 Å². The van der Waals surface area contributed by atoms with E-state index >= 15 is 0 Å². The first-order valence-corrected chi connectivity index (χ1v) is 14.8. The Morgan fingerprint density at radius 1 is 0.864 bits per heavy atom. The van der Waals surface area contributed by atoms with Crippen LogP contribution in [0.25, 0.3) is 0 Å². The first-order valence-electron chi connectivity index (χ1n) is 14.0. The zero-order valence-electron chi connectivity index (χ0n) is 23.9. The van der Waals surface area contributed by atoms with Gasteiger partial charge in [-0.3, -0.25) is 14.4 Å². The van der Waals surface area contributed by atoms with Crippen LogP contribution in [0.3, 0.4) is 0 Å². The molecule has 1 N–H and O–H groups in total. The summed E-state index contributed by atoms with van der Waals surface area (Å²) in [4.78, 5) is 41.3. The number of rotatable bonds is 5. The normalized spacial score (nSPS) is 22.8. The van der Waals surface area contributed by atoms with Crippen molar-refractivity contribution in [2.24, 2.45) is 5.92 Å². The Labute approximate surface area is 260 Å². The minimum absolute atomic E-state index is 0.000356. The molecule has 2 atom stereocenters. The first kappa shape index (κ1) is 33.9. The van der Waals surface area contributed by atoms with Gasteiger partial charge < -0.3 is 15.1 Å². The monoisotopic (exact) mass is 665 g/mol. The van der Waals surface area contributed by atoms with Crippen LogP contribution in [-0.2, 0) is 21.9 Å². The summed E-state index contributed by atoms with van der Waals surface area (Å²) in [5.74, 6) is -2.08. The number of carbonyl (C=O) groups is 3. The summed E-state index contributed by atoms with van der Waals surface area (Å²) in [6, 6.07) is 4.91. The summed E-state index contributed by atoms with van der Waals surface area (Å²) in [6.07, 6.45) is -7.54. The molecule has 0 spiro atoms. The van der Waals surface area contributed by atoms with Gasteiger partial charge in [0.2, 0.25) is 11.8 Å². The van der Waals surface area contributed by atoms with Gasteiger partial charge in [-0.25, -0.2) is 0 Å². The molecule has 44 heavy (non-hydrogen) atoms. The smallest absolute Gasteiger partial charge is 0.354 e. The van der Waals surface area contributed by atoms with E-state index in [4.69, 9.17) is 23.2 Å². The van der Waals surface area contributed by atoms with Gasteiger partial charge in [-0.2, -0.15) is 26.3 Å². The van der Waals surface area contributed by atoms with Crippen molar-refractivity contribution >= 4 is 40.9 Å². The standard InChI is InChI=1S/C30H31Cl2F6N3O3/c1-16(42)39-22-6-3-17(4-7-22)28(44)41-10-9-26(23(15-41)18-5-8-24(31)25(32)13-18)40(2)27(43)19-11-20(29(33,34)35)14-21(12-19)30(36,37)38/h5,8,11-14,17,22-23,26H,3-4,6-7,9-10,15H2,1-2H3,(H,39,42)/t17?,22?,23-,26+/m0/s1. The van der Waals surface area contributed by atoms with Crippen LogP contribution in [0.15, 0.2) is 36.4 Å². The number of benzene rings is 2. The molecule has 3 amide bonds. The van der Waals surface area contributed by atoms with Crippen molar-refractivity contribution in [3.8, 4) is 0 Å². The quantitative estimate of drug-likeness (QED) is 0.344. The molecule has 240 valence electrons. The third kappa shape index (κ3) is 7.80. The van der Waals surface area contributed by atoms with E-state index in [0.717, 1.165) is 4.90 Å². The second-order valence-corrected chi connectivity index (χ2v) is 12.2. The molecule has 2 aliphatic rings. The van der Waals surface area contributed by atoms with Gasteiger partial charge >= 0.3 is 12.4 Å². The summed E-state index contributed by atoms with van der Waals surface area (Å²) >= 11 is 12.4. The molecule has 1 aliphatic heterocycles. The number of alkyl halides is 6. The van der Waals surface area contributed by atoms with Crippen LogP contribution in [0, 0.1) is 5.92 Å². The van der Waals surface area contributed by atoms with Crippen LogP contribution in [-0.4, -0.2) is 59.7 Å². The van der Waals surface area contributed by atoms with Gasteiger partial charge in [-0.1, -0.05) is 29.3 Å². The number of hydrogen-bond acceptors (Lipinski definition) is 3. The maximum atomic E-state index is 13.6. The number of nitrogens with zero attached hydrogens (tertiary/aromatic N) is 2. The highest BCUT2D eigenvalue weighted by Crippen LogP contribution is 2.39. The van der Waals surface area contributed by atoms with E-state index in [2.05, 4.69) is 5.32 Å². The van der Waals surface area contributed by atoms with Gasteiger partial charge in [0.05, 0.1) is 21.2 Å². The Morgan fingerprint density at radius 2 is 1.45 bits per heavy atom. The predicted molar refractivity (Wildman–Crippen MR) is 152 cm³/mol. The van der Waals surface area contributed by atoms with Gasteiger partial charge in [-0.15, -0.1) is 0 Å². The fourth-order valence-electron chi connectivity index (χ4n) is 6.14. The number of hydrogen-bond donors (Lipinski definition) is 1. The van der Waals surface area contributed by atoms with E-state index in [1.807, 2.05) is 0 Å². The molecule has 2 fully saturated rings. The molecule has 0 unspecified atom stereocenters. The van der Waals surface area contributed by atoms with Crippen LogP contribution in [0.1, 0.15) is 72.0 Å². The second kappa shape index (κ2) is 13.2. The lowest BCUT2D eigenvalue weighted by Gasteiger charge is -2.44. The Morgan fingerprint density at radius 3 is 1.98 bits per heavy atom. The van der Waals surface area contributed by atoms with E-state index in [-0.39, 0.29) is 59.4 Å². The fraction of sp³-hybridized carbons (Fsp3) is 0.500. The molecule has 1 heterocycles. The number of likely N-dealkylation sites (N-methyl/N-ethyl adjacent to an activating group) is 1. The van der Waals surface area contributed by atoms with Crippen molar-refractivity contribution in [2.45, 2.75) is 69.4 Å². The SMILES string of the molecule is CC(=O)NC1CCC(C(=O)N2CC[C@@H](N(C)C(=O)c3cc(C(F)(F)F)cc(C(F)(F)F)c3)[C@H](c3ccc(Cl)c(Cl)c3)C2)CC1. The molecule has 2 aromatic carbocycles. The van der Waals surface area contributed by atoms with Crippen LogP contribution in [0.4, 0.5) is 26.3 Å². The van der Waals surface area contributed by atoms with Crippen molar-refractivity contribution in [2.75, 3.05) is 20.1 Å². The molecular formula is C30H31Cl2F6N3O3. The minimum Gasteiger partial charge on any atom is -0.354 e. The highest BCUT2D eigenvalue weighted by Gasteiger charge is 2.41. The predicted octanol–water partition coefficient (Wildman–Crippen LogP) is 7.18. The van der Waals surface area contributed by atoms with Gasteiger partial charge in [0.25, 0.3) is 5.91 Å². The molecule has 0 radical (unpaired) electrons. The Kier molecular flexibility index (Phi) is 10.1. The Balaban J connectivity index is 1.61. The average Bonchev–Trinajstić information content (AvgIpc) is 2.96. The van der Waals surface area contributed by atoms with Gasteiger partial charge in [0.1, 0.15) is 0 Å². The number of likely N-dealkylation sites (tertiary alicyclic amines) is 1. The van der Waals surface area contributed by atoms with Crippen LogP contribution in [0.2, 0.25) is 10.0 Å². The molecule has 4 rings (SSSR count). The zero-order chi connectivity index (χ0) is 32.6. The number of halogens is 8. The third-order valence-corrected chi connectivity index (χ3v) is 9.14. The number of nitrogens with one attached hydrogen (secondary N) is 1. The van der Waals surface area contributed by atoms with Crippen LogP contribution in [0.5, 0.6) is 0 Å². The van der Waals surface area contributed by atoms with Gasteiger partial charge in [-0.05, 0) is 68.0 Å². The lowest BCUT2D eigenvalue weighted by molar-refractivity contribution is -0.143. The van der Waals surface area contributed by atoms with Gasteiger partial charge in [0.15, 0.2) is 0 Å². The average molecular weight is 666 g/mol. The molecular weight excluding hydrogens is 635 g/mol. The summed E-state index contributed by atoms with van der Waals surface area (Å²) in [5, 5.41) is 3.35. The summed E-state index contributed by atoms with van der Waals surface area (Å²) < 4.78 is 80.9. The fourth-order valence-corrected chi connectivity index (χ4v) is 6.44.